The van der Waals surface area contributed by atoms with E-state index in [2.05, 4.69) is 9.47 Å². The topological polar surface area (TPSA) is 55.8 Å². The maximum Gasteiger partial charge on any atom is 0.573 e. The van der Waals surface area contributed by atoms with Crippen molar-refractivity contribution in [1.82, 2.24) is 0 Å². The Morgan fingerprint density at radius 2 is 1.85 bits per heavy atom. The van der Waals surface area contributed by atoms with E-state index in [0.29, 0.717) is 0 Å². The third-order valence-corrected chi connectivity index (χ3v) is 4.77. The zero-order valence-corrected chi connectivity index (χ0v) is 13.9. The van der Waals surface area contributed by atoms with Crippen molar-refractivity contribution in [3.63, 3.8) is 0 Å². The third-order valence-electron chi connectivity index (χ3n) is 4.77. The normalized spacial score (nSPS) is 27.0. The van der Waals surface area contributed by atoms with Crippen molar-refractivity contribution in [2.45, 2.75) is 24.9 Å². The first-order valence-electron chi connectivity index (χ1n) is 7.77. The molecular formula is C16H13F6NO4. The first kappa shape index (κ1) is 19.3. The van der Waals surface area contributed by atoms with Gasteiger partial charge in [-0.3, -0.25) is 9.59 Å². The van der Waals surface area contributed by atoms with E-state index in [9.17, 15) is 35.9 Å². The number of nitrogens with zero attached hydrogens (tertiary/aromatic N) is 1. The van der Waals surface area contributed by atoms with Crippen LogP contribution in [-0.2, 0) is 19.7 Å². The van der Waals surface area contributed by atoms with Crippen LogP contribution in [0.4, 0.5) is 32.0 Å². The van der Waals surface area contributed by atoms with Gasteiger partial charge < -0.3 is 14.4 Å². The van der Waals surface area contributed by atoms with Crippen LogP contribution in [0.25, 0.3) is 0 Å². The first-order valence-corrected chi connectivity index (χ1v) is 7.77. The van der Waals surface area contributed by atoms with Gasteiger partial charge in [-0.1, -0.05) is 0 Å². The molecule has 3 unspecified atom stereocenters. The second-order valence-corrected chi connectivity index (χ2v) is 6.21. The Hall–Kier alpha value is -2.46. The van der Waals surface area contributed by atoms with E-state index in [4.69, 9.17) is 0 Å². The molecule has 3 atom stereocenters. The van der Waals surface area contributed by atoms with Gasteiger partial charge in [-0.25, -0.2) is 0 Å². The van der Waals surface area contributed by atoms with Crippen molar-refractivity contribution in [3.05, 3.63) is 23.8 Å². The van der Waals surface area contributed by atoms with E-state index in [-0.39, 0.29) is 17.9 Å². The molecular weight excluding hydrogens is 384 g/mol. The summed E-state index contributed by atoms with van der Waals surface area (Å²) in [4.78, 5) is 25.7. The molecule has 1 aromatic rings. The van der Waals surface area contributed by atoms with Crippen molar-refractivity contribution >= 4 is 17.6 Å². The molecule has 0 bridgehead atoms. The Morgan fingerprint density at radius 3 is 2.37 bits per heavy atom. The van der Waals surface area contributed by atoms with Gasteiger partial charge in [0.1, 0.15) is 11.2 Å². The van der Waals surface area contributed by atoms with Gasteiger partial charge >= 0.3 is 18.5 Å². The van der Waals surface area contributed by atoms with Crippen LogP contribution in [0, 0.1) is 11.8 Å². The maximum atomic E-state index is 13.6. The molecule has 1 saturated carbocycles. The monoisotopic (exact) mass is 397 g/mol. The summed E-state index contributed by atoms with van der Waals surface area (Å²) in [5.41, 5.74) is -2.70. The number of carbonyl (C=O) groups excluding carboxylic acids is 2. The van der Waals surface area contributed by atoms with E-state index in [0.717, 1.165) is 23.1 Å². The molecule has 1 aliphatic heterocycles. The molecule has 11 heteroatoms. The lowest BCUT2D eigenvalue weighted by molar-refractivity contribution is -0.274. The molecule has 3 rings (SSSR count). The number of rotatable bonds is 3. The fourth-order valence-electron chi connectivity index (χ4n) is 3.83. The number of amides is 1. The van der Waals surface area contributed by atoms with Crippen molar-refractivity contribution < 1.29 is 45.4 Å². The number of likely N-dealkylation sites (N-methyl/N-ethyl adjacent to an activating group) is 1. The number of anilines is 1. The predicted octanol–water partition coefficient (Wildman–Crippen LogP) is 3.17. The minimum absolute atomic E-state index is 0.0180. The molecule has 0 radical (unpaired) electrons. The molecule has 148 valence electrons. The Morgan fingerprint density at radius 1 is 1.22 bits per heavy atom. The quantitative estimate of drug-likeness (QED) is 0.581. The number of carbonyl (C=O) groups is 2. The number of benzene rings is 1. The molecule has 0 aromatic heterocycles. The lowest BCUT2D eigenvalue weighted by Gasteiger charge is -2.13. The number of alkyl halides is 6. The van der Waals surface area contributed by atoms with E-state index in [1.54, 1.807) is 0 Å². The highest BCUT2D eigenvalue weighted by Gasteiger charge is 2.85. The number of hydrogen-bond acceptors (Lipinski definition) is 4. The highest BCUT2D eigenvalue weighted by Crippen LogP contribution is 2.71. The fourth-order valence-corrected chi connectivity index (χ4v) is 3.83. The smallest absolute Gasteiger partial charge is 0.466 e. The van der Waals surface area contributed by atoms with Crippen molar-refractivity contribution in [1.29, 1.82) is 0 Å². The molecule has 1 aromatic carbocycles. The lowest BCUT2D eigenvalue weighted by Crippen LogP contribution is -2.33. The van der Waals surface area contributed by atoms with Crippen molar-refractivity contribution in [2.24, 2.45) is 11.8 Å². The van der Waals surface area contributed by atoms with Gasteiger partial charge in [-0.15, -0.1) is 13.2 Å². The molecule has 5 nitrogen and oxygen atoms in total. The number of halogens is 6. The SMILES string of the molecule is CCOC(=O)C1C(C(F)(F)F)C12C(=O)N(C)c1ccc(OC(F)(F)F)cc12. The van der Waals surface area contributed by atoms with Crippen LogP contribution < -0.4 is 9.64 Å². The van der Waals surface area contributed by atoms with E-state index < -0.39 is 47.4 Å². The Balaban J connectivity index is 2.14. The molecule has 1 heterocycles. The second kappa shape index (κ2) is 5.77. The average molecular weight is 397 g/mol. The highest BCUT2D eigenvalue weighted by molar-refractivity contribution is 6.14. The van der Waals surface area contributed by atoms with E-state index in [1.165, 1.54) is 14.0 Å². The minimum atomic E-state index is -5.07. The molecule has 1 spiro atoms. The van der Waals surface area contributed by atoms with Crippen molar-refractivity contribution in [3.8, 4) is 5.75 Å². The summed E-state index contributed by atoms with van der Waals surface area (Å²) in [6.45, 7) is 1.19. The van der Waals surface area contributed by atoms with Gasteiger partial charge in [-0.05, 0) is 30.7 Å². The van der Waals surface area contributed by atoms with E-state index in [1.807, 2.05) is 0 Å². The zero-order chi connectivity index (χ0) is 20.4. The van der Waals surface area contributed by atoms with Crippen LogP contribution in [0.5, 0.6) is 5.75 Å². The van der Waals surface area contributed by atoms with E-state index >= 15 is 0 Å². The van der Waals surface area contributed by atoms with Gasteiger partial charge in [0.15, 0.2) is 0 Å². The third kappa shape index (κ3) is 2.79. The summed E-state index contributed by atoms with van der Waals surface area (Å²) in [7, 11) is 1.19. The molecule has 0 saturated heterocycles. The van der Waals surface area contributed by atoms with Gasteiger partial charge in [0.05, 0.1) is 18.4 Å². The molecule has 27 heavy (non-hydrogen) atoms. The Labute approximate surface area is 148 Å². The Kier molecular flexibility index (Phi) is 4.12. The highest BCUT2D eigenvalue weighted by atomic mass is 19.4. The lowest BCUT2D eigenvalue weighted by atomic mass is 9.92. The average Bonchev–Trinajstić information content (AvgIpc) is 3.19. The molecule has 1 amide bonds. The summed E-state index contributed by atoms with van der Waals surface area (Å²) in [5.74, 6) is -7.28. The number of esters is 1. The van der Waals surface area contributed by atoms with Crippen LogP contribution in [0.3, 0.4) is 0 Å². The van der Waals surface area contributed by atoms with Gasteiger partial charge in [0.25, 0.3) is 0 Å². The Bertz CT molecular complexity index is 805. The van der Waals surface area contributed by atoms with Crippen LogP contribution in [0.15, 0.2) is 18.2 Å². The fraction of sp³-hybridized carbons (Fsp3) is 0.500. The summed E-state index contributed by atoms with van der Waals surface area (Å²) < 4.78 is 86.5. The summed E-state index contributed by atoms with van der Waals surface area (Å²) in [6, 6.07) is 2.67. The summed E-state index contributed by atoms with van der Waals surface area (Å²) in [6.07, 6.45) is -10.0. The number of fused-ring (bicyclic) bond motifs is 2. The molecule has 1 fully saturated rings. The second-order valence-electron chi connectivity index (χ2n) is 6.21. The molecule has 0 N–H and O–H groups in total. The number of ether oxygens (including phenoxy) is 2. The largest absolute Gasteiger partial charge is 0.573 e. The number of hydrogen-bond donors (Lipinski definition) is 0. The van der Waals surface area contributed by atoms with Crippen LogP contribution in [0.2, 0.25) is 0 Å². The molecule has 1 aliphatic carbocycles. The van der Waals surface area contributed by atoms with Crippen LogP contribution >= 0.6 is 0 Å². The zero-order valence-electron chi connectivity index (χ0n) is 13.9. The first-order chi connectivity index (χ1) is 12.4. The van der Waals surface area contributed by atoms with Gasteiger partial charge in [-0.2, -0.15) is 13.2 Å². The van der Waals surface area contributed by atoms with Crippen LogP contribution in [-0.4, -0.2) is 38.1 Å². The van der Waals surface area contributed by atoms with Crippen molar-refractivity contribution in [2.75, 3.05) is 18.6 Å². The maximum absolute atomic E-state index is 13.6. The predicted molar refractivity (Wildman–Crippen MR) is 77.9 cm³/mol. The summed E-state index contributed by atoms with van der Waals surface area (Å²) >= 11 is 0. The van der Waals surface area contributed by atoms with Crippen LogP contribution in [0.1, 0.15) is 12.5 Å². The van der Waals surface area contributed by atoms with Gasteiger partial charge in [0.2, 0.25) is 5.91 Å². The molecule has 2 aliphatic rings. The minimum Gasteiger partial charge on any atom is -0.466 e. The van der Waals surface area contributed by atoms with Gasteiger partial charge in [0, 0.05) is 12.7 Å². The summed E-state index contributed by atoms with van der Waals surface area (Å²) in [5, 5.41) is 0. The standard InChI is InChI=1S/C16H13F6NO4/c1-3-26-12(24)10-11(15(17,18)19)14(10)8-6-7(27-16(20,21)22)4-5-9(8)23(2)13(14)25/h4-6,10-11H,3H2,1-2H3.